The summed E-state index contributed by atoms with van der Waals surface area (Å²) in [7, 11) is -3.76. The Kier molecular flexibility index (Phi) is 5.99. The monoisotopic (exact) mass is 482 g/mol. The zero-order chi connectivity index (χ0) is 24.3. The minimum Gasteiger partial charge on any atom is -0.340 e. The molecule has 0 unspecified atom stereocenters. The summed E-state index contributed by atoms with van der Waals surface area (Å²) >= 11 is 0. The molecule has 0 aliphatic carbocycles. The lowest BCUT2D eigenvalue weighted by atomic mass is 10.1. The lowest BCUT2D eigenvalue weighted by Crippen LogP contribution is -2.13. The lowest BCUT2D eigenvalue weighted by molar-refractivity contribution is 0.602. The van der Waals surface area contributed by atoms with Crippen LogP contribution in [0.4, 0.5) is 28.8 Å². The molecule has 5 aromatic rings. The van der Waals surface area contributed by atoms with Gasteiger partial charge in [-0.05, 0) is 60.3 Å². The molecular weight excluding hydrogens is 460 g/mol. The van der Waals surface area contributed by atoms with Gasteiger partial charge in [-0.3, -0.25) is 4.72 Å². The fourth-order valence-corrected chi connectivity index (χ4v) is 4.93. The minimum absolute atomic E-state index is 0.238. The van der Waals surface area contributed by atoms with E-state index < -0.39 is 10.0 Å². The quantitative estimate of drug-likeness (QED) is 0.276. The summed E-state index contributed by atoms with van der Waals surface area (Å²) in [5.41, 5.74) is 2.29. The largest absolute Gasteiger partial charge is 0.340 e. The van der Waals surface area contributed by atoms with Crippen molar-refractivity contribution < 1.29 is 8.42 Å². The molecule has 0 spiro atoms. The minimum atomic E-state index is -3.76. The standard InChI is InChI=1S/C26H22N6O2S/c1-18-13-14-27-24(15-18)31-26-16-25(28-17-29-26)30-20-9-11-21(12-10-20)32-35(33,34)23-8-4-6-19-5-2-3-7-22(19)23/h2-17,32H,1H3,(H2,27,28,29,30,31). The molecule has 0 saturated carbocycles. The van der Waals surface area contributed by atoms with E-state index in [9.17, 15) is 8.42 Å². The number of hydrogen-bond acceptors (Lipinski definition) is 7. The van der Waals surface area contributed by atoms with E-state index >= 15 is 0 Å². The highest BCUT2D eigenvalue weighted by Gasteiger charge is 2.17. The molecule has 0 radical (unpaired) electrons. The smallest absolute Gasteiger partial charge is 0.262 e. The number of nitrogens with zero attached hydrogens (tertiary/aromatic N) is 3. The van der Waals surface area contributed by atoms with Crippen LogP contribution in [-0.2, 0) is 10.0 Å². The summed E-state index contributed by atoms with van der Waals surface area (Å²) in [4.78, 5) is 13.0. The van der Waals surface area contributed by atoms with Crippen LogP contribution in [0.2, 0.25) is 0 Å². The molecule has 35 heavy (non-hydrogen) atoms. The molecule has 0 amide bonds. The average molecular weight is 483 g/mol. The molecule has 2 heterocycles. The number of rotatable bonds is 7. The number of benzene rings is 3. The number of sulfonamides is 1. The number of hydrogen-bond donors (Lipinski definition) is 3. The molecule has 5 rings (SSSR count). The van der Waals surface area contributed by atoms with Gasteiger partial charge in [0.15, 0.2) is 0 Å². The van der Waals surface area contributed by atoms with Crippen LogP contribution < -0.4 is 15.4 Å². The predicted molar refractivity (Wildman–Crippen MR) is 139 cm³/mol. The third kappa shape index (κ3) is 5.20. The average Bonchev–Trinajstić information content (AvgIpc) is 2.85. The van der Waals surface area contributed by atoms with Crippen molar-refractivity contribution >= 4 is 49.6 Å². The van der Waals surface area contributed by atoms with Crippen molar-refractivity contribution in [3.63, 3.8) is 0 Å². The van der Waals surface area contributed by atoms with Gasteiger partial charge in [-0.15, -0.1) is 0 Å². The summed E-state index contributed by atoms with van der Waals surface area (Å²) in [6.07, 6.45) is 3.18. The fourth-order valence-electron chi connectivity index (χ4n) is 3.64. The first kappa shape index (κ1) is 22.3. The first-order valence-corrected chi connectivity index (χ1v) is 12.3. The highest BCUT2D eigenvalue weighted by Crippen LogP contribution is 2.26. The summed E-state index contributed by atoms with van der Waals surface area (Å²) in [5.74, 6) is 1.87. The van der Waals surface area contributed by atoms with Crippen molar-refractivity contribution in [2.45, 2.75) is 11.8 Å². The lowest BCUT2D eigenvalue weighted by Gasteiger charge is -2.12. The van der Waals surface area contributed by atoms with Gasteiger partial charge in [0.05, 0.1) is 4.90 Å². The van der Waals surface area contributed by atoms with Crippen molar-refractivity contribution in [3.05, 3.63) is 103 Å². The van der Waals surface area contributed by atoms with E-state index in [-0.39, 0.29) is 4.90 Å². The number of anilines is 5. The first-order chi connectivity index (χ1) is 17.0. The van der Waals surface area contributed by atoms with Crippen molar-refractivity contribution in [1.82, 2.24) is 15.0 Å². The maximum Gasteiger partial charge on any atom is 0.262 e. The van der Waals surface area contributed by atoms with E-state index in [2.05, 4.69) is 30.3 Å². The molecule has 8 nitrogen and oxygen atoms in total. The fraction of sp³-hybridized carbons (Fsp3) is 0.0385. The van der Waals surface area contributed by atoms with Gasteiger partial charge in [0.2, 0.25) is 0 Å². The van der Waals surface area contributed by atoms with Gasteiger partial charge in [0.1, 0.15) is 23.8 Å². The van der Waals surface area contributed by atoms with Crippen LogP contribution in [0, 0.1) is 6.92 Å². The number of fused-ring (bicyclic) bond motifs is 1. The van der Waals surface area contributed by atoms with E-state index in [0.29, 0.717) is 28.5 Å². The Labute approximate surface area is 203 Å². The Morgan fingerprint density at radius 3 is 2.17 bits per heavy atom. The number of pyridine rings is 1. The van der Waals surface area contributed by atoms with Crippen molar-refractivity contribution in [2.75, 3.05) is 15.4 Å². The molecule has 0 aliphatic rings. The van der Waals surface area contributed by atoms with E-state index in [1.807, 2.05) is 43.3 Å². The maximum absolute atomic E-state index is 13.0. The van der Waals surface area contributed by atoms with Crippen LogP contribution in [0.15, 0.2) is 102 Å². The van der Waals surface area contributed by atoms with Gasteiger partial charge in [0.25, 0.3) is 10.0 Å². The first-order valence-electron chi connectivity index (χ1n) is 10.9. The third-order valence-corrected chi connectivity index (χ3v) is 6.73. The summed E-state index contributed by atoms with van der Waals surface area (Å²) < 4.78 is 28.7. The molecule has 2 aromatic heterocycles. The molecule has 3 N–H and O–H groups in total. The Morgan fingerprint density at radius 1 is 0.686 bits per heavy atom. The van der Waals surface area contributed by atoms with E-state index in [0.717, 1.165) is 16.6 Å². The molecule has 0 fully saturated rings. The normalized spacial score (nSPS) is 11.2. The molecule has 0 atom stereocenters. The highest BCUT2D eigenvalue weighted by atomic mass is 32.2. The summed E-state index contributed by atoms with van der Waals surface area (Å²) in [5, 5.41) is 7.90. The zero-order valence-corrected chi connectivity index (χ0v) is 19.6. The van der Waals surface area contributed by atoms with Gasteiger partial charge >= 0.3 is 0 Å². The van der Waals surface area contributed by atoms with Crippen LogP contribution in [0.25, 0.3) is 10.8 Å². The Balaban J connectivity index is 1.30. The van der Waals surface area contributed by atoms with Crippen molar-refractivity contribution in [1.29, 1.82) is 0 Å². The number of aryl methyl sites for hydroxylation is 1. The van der Waals surface area contributed by atoms with Crippen LogP contribution in [0.3, 0.4) is 0 Å². The molecule has 0 bridgehead atoms. The van der Waals surface area contributed by atoms with Gasteiger partial charge in [-0.25, -0.2) is 23.4 Å². The summed E-state index contributed by atoms with van der Waals surface area (Å²) in [6.45, 7) is 1.99. The second-order valence-electron chi connectivity index (χ2n) is 7.92. The Bertz CT molecular complexity index is 1600. The van der Waals surface area contributed by atoms with Gasteiger partial charge in [-0.1, -0.05) is 36.4 Å². The van der Waals surface area contributed by atoms with Crippen LogP contribution >= 0.6 is 0 Å². The second kappa shape index (κ2) is 9.40. The predicted octanol–water partition coefficient (Wildman–Crippen LogP) is 5.62. The highest BCUT2D eigenvalue weighted by molar-refractivity contribution is 7.93. The molecule has 0 saturated heterocycles. The molecule has 3 aromatic carbocycles. The van der Waals surface area contributed by atoms with Crippen molar-refractivity contribution in [3.8, 4) is 0 Å². The SMILES string of the molecule is Cc1ccnc(Nc2cc(Nc3ccc(NS(=O)(=O)c4cccc5ccccc45)cc3)ncn2)c1. The Hall–Kier alpha value is -4.50. The maximum atomic E-state index is 13.0. The number of aromatic nitrogens is 3. The van der Waals surface area contributed by atoms with Crippen LogP contribution in [0.5, 0.6) is 0 Å². The van der Waals surface area contributed by atoms with Gasteiger partial charge in [0, 0.05) is 29.0 Å². The van der Waals surface area contributed by atoms with Gasteiger partial charge in [-0.2, -0.15) is 0 Å². The summed E-state index contributed by atoms with van der Waals surface area (Å²) in [6, 6.07) is 25.2. The van der Waals surface area contributed by atoms with Crippen LogP contribution in [0.1, 0.15) is 5.56 Å². The molecule has 174 valence electrons. The van der Waals surface area contributed by atoms with Crippen LogP contribution in [-0.4, -0.2) is 23.4 Å². The molecule has 0 aliphatic heterocycles. The van der Waals surface area contributed by atoms with Crippen molar-refractivity contribution in [2.24, 2.45) is 0 Å². The Morgan fingerprint density at radius 2 is 1.37 bits per heavy atom. The van der Waals surface area contributed by atoms with E-state index in [1.165, 1.54) is 6.33 Å². The molecular formula is C26H22N6O2S. The third-order valence-electron chi connectivity index (χ3n) is 5.29. The zero-order valence-electron chi connectivity index (χ0n) is 18.8. The van der Waals surface area contributed by atoms with E-state index in [4.69, 9.17) is 0 Å². The topological polar surface area (TPSA) is 109 Å². The van der Waals surface area contributed by atoms with E-state index in [1.54, 1.807) is 54.7 Å². The second-order valence-corrected chi connectivity index (χ2v) is 9.57. The number of nitrogens with one attached hydrogen (secondary N) is 3. The molecule has 9 heteroatoms. The van der Waals surface area contributed by atoms with Gasteiger partial charge < -0.3 is 10.6 Å².